The first-order chi connectivity index (χ1) is 7.22. The normalized spacial score (nSPS) is 28.3. The van der Waals surface area contributed by atoms with E-state index in [9.17, 15) is 5.26 Å². The average molecular weight is 207 g/mol. The third-order valence-electron chi connectivity index (χ3n) is 4.15. The van der Waals surface area contributed by atoms with Crippen molar-refractivity contribution in [3.63, 3.8) is 0 Å². The van der Waals surface area contributed by atoms with E-state index in [1.165, 1.54) is 25.9 Å². The lowest BCUT2D eigenvalue weighted by Gasteiger charge is -2.36. The summed E-state index contributed by atoms with van der Waals surface area (Å²) in [5.41, 5.74) is -0.0185. The molecule has 0 aromatic carbocycles. The van der Waals surface area contributed by atoms with Crippen molar-refractivity contribution in [2.24, 2.45) is 11.3 Å². The van der Waals surface area contributed by atoms with E-state index in [1.807, 2.05) is 7.05 Å². The molecule has 3 nitrogen and oxygen atoms in total. The number of rotatable bonds is 3. The summed E-state index contributed by atoms with van der Waals surface area (Å²) in [5, 5.41) is 12.6. The van der Waals surface area contributed by atoms with Gasteiger partial charge in [0, 0.05) is 6.04 Å². The van der Waals surface area contributed by atoms with Crippen LogP contribution < -0.4 is 5.32 Å². The molecule has 0 amide bonds. The predicted molar refractivity (Wildman–Crippen MR) is 60.3 cm³/mol. The minimum Gasteiger partial charge on any atom is -0.315 e. The predicted octanol–water partition coefficient (Wildman–Crippen LogP) is 1.22. The van der Waals surface area contributed by atoms with Crippen LogP contribution in [0.2, 0.25) is 0 Å². The SMILES string of the molecule is CNC(C1CCN(C)CC1)C1(C#N)CC1. The Labute approximate surface area is 92.4 Å². The van der Waals surface area contributed by atoms with Gasteiger partial charge in [-0.25, -0.2) is 0 Å². The van der Waals surface area contributed by atoms with Crippen molar-refractivity contribution in [1.82, 2.24) is 10.2 Å². The number of hydrogen-bond donors (Lipinski definition) is 1. The molecule has 1 aliphatic heterocycles. The van der Waals surface area contributed by atoms with E-state index in [0.29, 0.717) is 12.0 Å². The number of nitriles is 1. The van der Waals surface area contributed by atoms with Gasteiger partial charge in [-0.2, -0.15) is 5.26 Å². The van der Waals surface area contributed by atoms with E-state index in [4.69, 9.17) is 0 Å². The minimum absolute atomic E-state index is 0.0185. The molecule has 1 saturated heterocycles. The second-order valence-corrected chi connectivity index (χ2v) is 5.17. The van der Waals surface area contributed by atoms with Crippen LogP contribution in [0.15, 0.2) is 0 Å². The zero-order valence-electron chi connectivity index (χ0n) is 9.79. The average Bonchev–Trinajstić information content (AvgIpc) is 3.03. The molecule has 1 atom stereocenters. The first kappa shape index (κ1) is 10.9. The molecule has 1 aliphatic carbocycles. The molecular weight excluding hydrogens is 186 g/mol. The third-order valence-corrected chi connectivity index (χ3v) is 4.15. The third kappa shape index (κ3) is 2.02. The van der Waals surface area contributed by atoms with E-state index >= 15 is 0 Å². The lowest BCUT2D eigenvalue weighted by molar-refractivity contribution is 0.165. The van der Waals surface area contributed by atoms with E-state index in [1.54, 1.807) is 0 Å². The highest BCUT2D eigenvalue weighted by molar-refractivity contribution is 5.17. The van der Waals surface area contributed by atoms with Gasteiger partial charge in [-0.1, -0.05) is 0 Å². The molecule has 0 bridgehead atoms. The Hall–Kier alpha value is -0.590. The fourth-order valence-electron chi connectivity index (χ4n) is 2.95. The maximum atomic E-state index is 9.24. The monoisotopic (exact) mass is 207 g/mol. The van der Waals surface area contributed by atoms with Gasteiger partial charge in [-0.05, 0) is 58.8 Å². The molecule has 84 valence electrons. The van der Waals surface area contributed by atoms with Gasteiger partial charge in [0.1, 0.15) is 0 Å². The smallest absolute Gasteiger partial charge is 0.0730 e. The summed E-state index contributed by atoms with van der Waals surface area (Å²) in [6.45, 7) is 2.37. The Morgan fingerprint density at radius 3 is 2.40 bits per heavy atom. The number of piperidine rings is 1. The molecular formula is C12H21N3. The summed E-state index contributed by atoms with van der Waals surface area (Å²) in [4.78, 5) is 2.38. The van der Waals surface area contributed by atoms with E-state index < -0.39 is 0 Å². The Kier molecular flexibility index (Phi) is 2.99. The number of nitrogens with zero attached hydrogens (tertiary/aromatic N) is 2. The van der Waals surface area contributed by atoms with Gasteiger partial charge in [-0.3, -0.25) is 0 Å². The van der Waals surface area contributed by atoms with E-state index in [-0.39, 0.29) is 5.41 Å². The second kappa shape index (κ2) is 4.11. The van der Waals surface area contributed by atoms with E-state index in [0.717, 1.165) is 12.8 Å². The van der Waals surface area contributed by atoms with Crippen LogP contribution >= 0.6 is 0 Å². The largest absolute Gasteiger partial charge is 0.315 e. The molecule has 1 heterocycles. The molecule has 0 spiro atoms. The molecule has 0 aromatic rings. The Bertz CT molecular complexity index is 257. The van der Waals surface area contributed by atoms with Crippen molar-refractivity contribution < 1.29 is 0 Å². The van der Waals surface area contributed by atoms with Crippen LogP contribution in [0.1, 0.15) is 25.7 Å². The molecule has 1 N–H and O–H groups in total. The van der Waals surface area contributed by atoms with Gasteiger partial charge in [0.25, 0.3) is 0 Å². The van der Waals surface area contributed by atoms with E-state index in [2.05, 4.69) is 23.3 Å². The minimum atomic E-state index is -0.0185. The van der Waals surface area contributed by atoms with Crippen molar-refractivity contribution >= 4 is 0 Å². The number of nitrogens with one attached hydrogen (secondary N) is 1. The number of hydrogen-bond acceptors (Lipinski definition) is 3. The molecule has 2 rings (SSSR count). The van der Waals surface area contributed by atoms with Crippen LogP contribution in [0.5, 0.6) is 0 Å². The topological polar surface area (TPSA) is 39.1 Å². The maximum absolute atomic E-state index is 9.24. The summed E-state index contributed by atoms with van der Waals surface area (Å²) in [6, 6.07) is 2.96. The quantitative estimate of drug-likeness (QED) is 0.756. The summed E-state index contributed by atoms with van der Waals surface area (Å²) < 4.78 is 0. The van der Waals surface area contributed by atoms with Crippen LogP contribution in [0.3, 0.4) is 0 Å². The summed E-state index contributed by atoms with van der Waals surface area (Å²) in [6.07, 6.45) is 4.68. The summed E-state index contributed by atoms with van der Waals surface area (Å²) in [5.74, 6) is 0.702. The Morgan fingerprint density at radius 1 is 1.40 bits per heavy atom. The fraction of sp³-hybridized carbons (Fsp3) is 0.917. The molecule has 2 aliphatic rings. The highest BCUT2D eigenvalue weighted by Crippen LogP contribution is 2.51. The van der Waals surface area contributed by atoms with Crippen molar-refractivity contribution in [2.45, 2.75) is 31.7 Å². The molecule has 0 aromatic heterocycles. The van der Waals surface area contributed by atoms with Gasteiger partial charge in [0.05, 0.1) is 11.5 Å². The van der Waals surface area contributed by atoms with Gasteiger partial charge in [0.15, 0.2) is 0 Å². The molecule has 3 heteroatoms. The number of likely N-dealkylation sites (tertiary alicyclic amines) is 1. The molecule has 15 heavy (non-hydrogen) atoms. The Balaban J connectivity index is 1.99. The van der Waals surface area contributed by atoms with Crippen LogP contribution in [0, 0.1) is 22.7 Å². The summed E-state index contributed by atoms with van der Waals surface area (Å²) in [7, 11) is 4.20. The first-order valence-corrected chi connectivity index (χ1v) is 5.99. The van der Waals surface area contributed by atoms with Crippen LogP contribution in [-0.2, 0) is 0 Å². The molecule has 1 saturated carbocycles. The highest BCUT2D eigenvalue weighted by atomic mass is 15.1. The van der Waals surface area contributed by atoms with Gasteiger partial charge in [-0.15, -0.1) is 0 Å². The van der Waals surface area contributed by atoms with Crippen LogP contribution in [0.25, 0.3) is 0 Å². The van der Waals surface area contributed by atoms with Crippen molar-refractivity contribution in [2.75, 3.05) is 27.2 Å². The lowest BCUT2D eigenvalue weighted by atomic mass is 9.81. The summed E-state index contributed by atoms with van der Waals surface area (Å²) >= 11 is 0. The van der Waals surface area contributed by atoms with Gasteiger partial charge < -0.3 is 10.2 Å². The van der Waals surface area contributed by atoms with Crippen LogP contribution in [0.4, 0.5) is 0 Å². The van der Waals surface area contributed by atoms with Crippen molar-refractivity contribution in [1.29, 1.82) is 5.26 Å². The zero-order chi connectivity index (χ0) is 10.9. The zero-order valence-corrected chi connectivity index (χ0v) is 9.79. The lowest BCUT2D eigenvalue weighted by Crippen LogP contribution is -2.45. The Morgan fingerprint density at radius 2 is 2.00 bits per heavy atom. The first-order valence-electron chi connectivity index (χ1n) is 5.99. The van der Waals surface area contributed by atoms with Gasteiger partial charge in [0.2, 0.25) is 0 Å². The fourth-order valence-corrected chi connectivity index (χ4v) is 2.95. The highest BCUT2D eigenvalue weighted by Gasteiger charge is 2.52. The standard InChI is InChI=1S/C12H21N3/c1-14-11(12(9-13)5-6-12)10-3-7-15(2)8-4-10/h10-11,14H,3-8H2,1-2H3. The van der Waals surface area contributed by atoms with Crippen molar-refractivity contribution in [3.8, 4) is 6.07 Å². The second-order valence-electron chi connectivity index (χ2n) is 5.17. The maximum Gasteiger partial charge on any atom is 0.0730 e. The van der Waals surface area contributed by atoms with Crippen LogP contribution in [-0.4, -0.2) is 38.1 Å². The van der Waals surface area contributed by atoms with Crippen molar-refractivity contribution in [3.05, 3.63) is 0 Å². The molecule has 0 radical (unpaired) electrons. The molecule has 1 unspecified atom stereocenters. The van der Waals surface area contributed by atoms with Gasteiger partial charge >= 0.3 is 0 Å². The molecule has 2 fully saturated rings.